The highest BCUT2D eigenvalue weighted by molar-refractivity contribution is 6.06. The number of nitrogens with zero attached hydrogens (tertiary/aromatic N) is 4. The van der Waals surface area contributed by atoms with Gasteiger partial charge in [0.1, 0.15) is 23.0 Å². The summed E-state index contributed by atoms with van der Waals surface area (Å²) < 4.78 is 15.4. The number of hydrogen-bond donors (Lipinski definition) is 0. The quantitative estimate of drug-likeness (QED) is 0.189. The van der Waals surface area contributed by atoms with Gasteiger partial charge in [-0.15, -0.1) is 0 Å². The first-order valence-electron chi connectivity index (χ1n) is 17.2. The van der Waals surface area contributed by atoms with Gasteiger partial charge in [-0.1, -0.05) is 103 Å². The molecular formula is C45H28N4O2. The minimum absolute atomic E-state index is 0.0206. The Kier molecular flexibility index (Phi) is 5.98. The summed E-state index contributed by atoms with van der Waals surface area (Å²) in [6.07, 6.45) is 4.36. The van der Waals surface area contributed by atoms with Crippen LogP contribution in [0.5, 0.6) is 5.75 Å². The Morgan fingerprint density at radius 3 is 2.10 bits per heavy atom. The number of aromatic nitrogens is 4. The molecule has 0 N–H and O–H groups in total. The molecule has 0 fully saturated rings. The van der Waals surface area contributed by atoms with Crippen molar-refractivity contribution < 1.29 is 9.15 Å². The topological polar surface area (TPSA) is 66.0 Å². The van der Waals surface area contributed by atoms with Gasteiger partial charge in [-0.2, -0.15) is 0 Å². The van der Waals surface area contributed by atoms with Crippen molar-refractivity contribution in [3.8, 4) is 45.6 Å². The lowest BCUT2D eigenvalue weighted by Gasteiger charge is -2.22. The highest BCUT2D eigenvalue weighted by atomic mass is 16.5. The van der Waals surface area contributed by atoms with Crippen LogP contribution in [0.25, 0.3) is 78.8 Å². The highest BCUT2D eigenvalue weighted by Gasteiger charge is 2.42. The number of benzene rings is 6. The summed E-state index contributed by atoms with van der Waals surface area (Å²) in [6.45, 7) is 0. The van der Waals surface area contributed by atoms with E-state index in [-0.39, 0.29) is 12.0 Å². The third-order valence-corrected chi connectivity index (χ3v) is 10.2. The molecule has 1 aliphatic heterocycles. The summed E-state index contributed by atoms with van der Waals surface area (Å²) in [4.78, 5) is 15.4. The summed E-state index contributed by atoms with van der Waals surface area (Å²) in [5.74, 6) is 2.67. The summed E-state index contributed by atoms with van der Waals surface area (Å²) in [7, 11) is 0. The normalized spacial score (nSPS) is 15.9. The Balaban J connectivity index is 1.09. The van der Waals surface area contributed by atoms with E-state index in [1.54, 1.807) is 0 Å². The van der Waals surface area contributed by atoms with Crippen LogP contribution < -0.4 is 4.74 Å². The smallest absolute Gasteiger partial charge is 0.164 e. The van der Waals surface area contributed by atoms with Crippen LogP contribution in [0.3, 0.4) is 0 Å². The highest BCUT2D eigenvalue weighted by Crippen LogP contribution is 2.55. The molecule has 0 spiro atoms. The van der Waals surface area contributed by atoms with Crippen LogP contribution in [0.15, 0.2) is 156 Å². The van der Waals surface area contributed by atoms with Gasteiger partial charge in [0.25, 0.3) is 0 Å². The molecule has 2 aliphatic rings. The molecule has 0 bridgehead atoms. The van der Waals surface area contributed by atoms with E-state index >= 15 is 0 Å². The molecule has 4 heterocycles. The summed E-state index contributed by atoms with van der Waals surface area (Å²) in [5.41, 5.74) is 10.2. The Hall–Kier alpha value is -6.79. The van der Waals surface area contributed by atoms with Crippen molar-refractivity contribution in [2.24, 2.45) is 0 Å². The predicted molar refractivity (Wildman–Crippen MR) is 202 cm³/mol. The molecule has 1 aliphatic carbocycles. The fraction of sp³-hybridized carbons (Fsp3) is 0.0444. The Labute approximate surface area is 293 Å². The maximum atomic E-state index is 6.92. The van der Waals surface area contributed by atoms with Gasteiger partial charge in [-0.05, 0) is 54.6 Å². The minimum Gasteiger partial charge on any atom is -0.484 e. The van der Waals surface area contributed by atoms with Crippen molar-refractivity contribution in [1.29, 1.82) is 0 Å². The standard InChI is InChI=1S/C45H28N4O2/c1-3-12-27(13-4-1)43-46-44(28-22-25-38-34(26-28)30-16-8-10-20-37(30)50-38)48-45(47-43)33-18-11-21-39-40(33)32-23-24-36-41(42(32)51-39)31-17-7-9-19-35(31)49(36)29-14-5-2-6-15-29/h1-26,32,42H. The first-order chi connectivity index (χ1) is 25.3. The molecule has 9 aromatic rings. The number of furan rings is 1. The van der Waals surface area contributed by atoms with Crippen LogP contribution in [0.4, 0.5) is 0 Å². The van der Waals surface area contributed by atoms with E-state index < -0.39 is 0 Å². The monoisotopic (exact) mass is 656 g/mol. The molecule has 6 nitrogen and oxygen atoms in total. The molecule has 0 saturated carbocycles. The largest absolute Gasteiger partial charge is 0.484 e. The SMILES string of the molecule is C1=CC2c3c(cccc3-c3nc(-c4ccccc4)nc(-c4ccc5oc6ccccc6c5c4)n3)OC2c2c1n(-c1ccccc1)c1ccccc21. The van der Waals surface area contributed by atoms with Gasteiger partial charge in [-0.25, -0.2) is 15.0 Å². The zero-order chi connectivity index (χ0) is 33.5. The summed E-state index contributed by atoms with van der Waals surface area (Å²) in [6, 6.07) is 49.8. The zero-order valence-corrected chi connectivity index (χ0v) is 27.3. The van der Waals surface area contributed by atoms with E-state index in [4.69, 9.17) is 24.1 Å². The first-order valence-corrected chi connectivity index (χ1v) is 17.2. The van der Waals surface area contributed by atoms with Crippen LogP contribution in [-0.4, -0.2) is 19.5 Å². The van der Waals surface area contributed by atoms with Gasteiger partial charge in [-0.3, -0.25) is 0 Å². The van der Waals surface area contributed by atoms with E-state index in [0.29, 0.717) is 17.5 Å². The van der Waals surface area contributed by atoms with E-state index in [2.05, 4.69) is 95.6 Å². The number of ether oxygens (including phenoxy) is 1. The van der Waals surface area contributed by atoms with Gasteiger partial charge in [0.2, 0.25) is 0 Å². The molecule has 2 unspecified atom stereocenters. The Morgan fingerprint density at radius 1 is 0.529 bits per heavy atom. The molecule has 51 heavy (non-hydrogen) atoms. The van der Waals surface area contributed by atoms with Gasteiger partial charge in [0.15, 0.2) is 17.5 Å². The average Bonchev–Trinajstić information content (AvgIpc) is 3.87. The Bertz CT molecular complexity index is 2850. The van der Waals surface area contributed by atoms with Crippen LogP contribution in [0.2, 0.25) is 0 Å². The molecule has 0 radical (unpaired) electrons. The third kappa shape index (κ3) is 4.26. The first kappa shape index (κ1) is 28.1. The van der Waals surface area contributed by atoms with Crippen LogP contribution >= 0.6 is 0 Å². The van der Waals surface area contributed by atoms with Crippen molar-refractivity contribution in [2.45, 2.75) is 12.0 Å². The maximum absolute atomic E-state index is 6.92. The van der Waals surface area contributed by atoms with Crippen molar-refractivity contribution in [2.75, 3.05) is 0 Å². The number of fused-ring (bicyclic) bond motifs is 10. The van der Waals surface area contributed by atoms with Gasteiger partial charge >= 0.3 is 0 Å². The van der Waals surface area contributed by atoms with Crippen LogP contribution in [-0.2, 0) is 0 Å². The molecule has 0 amide bonds. The molecular weight excluding hydrogens is 629 g/mol. The fourth-order valence-corrected chi connectivity index (χ4v) is 7.99. The van der Waals surface area contributed by atoms with Crippen molar-refractivity contribution >= 4 is 38.9 Å². The molecule has 6 aromatic carbocycles. The minimum atomic E-state index is -0.192. The second-order valence-corrected chi connectivity index (χ2v) is 13.1. The zero-order valence-electron chi connectivity index (χ0n) is 27.3. The average molecular weight is 657 g/mol. The number of hydrogen-bond acceptors (Lipinski definition) is 5. The fourth-order valence-electron chi connectivity index (χ4n) is 7.99. The van der Waals surface area contributed by atoms with Crippen LogP contribution in [0.1, 0.15) is 28.8 Å². The lowest BCUT2D eigenvalue weighted by atomic mass is 9.83. The molecule has 0 saturated heterocycles. The lowest BCUT2D eigenvalue weighted by molar-refractivity contribution is 0.224. The molecule has 240 valence electrons. The van der Waals surface area contributed by atoms with Gasteiger partial charge in [0, 0.05) is 55.6 Å². The van der Waals surface area contributed by atoms with Crippen molar-refractivity contribution in [3.05, 3.63) is 168 Å². The molecule has 2 atom stereocenters. The summed E-state index contributed by atoms with van der Waals surface area (Å²) >= 11 is 0. The number of para-hydroxylation sites is 3. The van der Waals surface area contributed by atoms with E-state index in [1.165, 1.54) is 10.9 Å². The Morgan fingerprint density at radius 2 is 1.24 bits per heavy atom. The van der Waals surface area contributed by atoms with E-state index in [1.807, 2.05) is 66.7 Å². The molecule has 6 heteroatoms. The summed E-state index contributed by atoms with van der Waals surface area (Å²) in [5, 5.41) is 3.29. The predicted octanol–water partition coefficient (Wildman–Crippen LogP) is 11.0. The van der Waals surface area contributed by atoms with Crippen LogP contribution in [0, 0.1) is 0 Å². The van der Waals surface area contributed by atoms with Gasteiger partial charge < -0.3 is 13.7 Å². The molecule has 11 rings (SSSR count). The second-order valence-electron chi connectivity index (χ2n) is 13.1. The maximum Gasteiger partial charge on any atom is 0.164 e. The van der Waals surface area contributed by atoms with E-state index in [0.717, 1.165) is 66.8 Å². The third-order valence-electron chi connectivity index (χ3n) is 10.2. The van der Waals surface area contributed by atoms with Crippen molar-refractivity contribution in [1.82, 2.24) is 19.5 Å². The second kappa shape index (κ2) is 10.9. The van der Waals surface area contributed by atoms with Gasteiger partial charge in [0.05, 0.1) is 11.2 Å². The lowest BCUT2D eigenvalue weighted by Crippen LogP contribution is -2.14. The van der Waals surface area contributed by atoms with Crippen molar-refractivity contribution in [3.63, 3.8) is 0 Å². The number of rotatable bonds is 4. The van der Waals surface area contributed by atoms with E-state index in [9.17, 15) is 0 Å². The molecule has 3 aromatic heterocycles.